The molecule has 2 N–H and O–H groups in total. The first-order chi connectivity index (χ1) is 8.70. The fourth-order valence-corrected chi connectivity index (χ4v) is 1.91. The Bertz CT molecular complexity index is 632. The van der Waals surface area contributed by atoms with Crippen molar-refractivity contribution in [3.05, 3.63) is 40.2 Å². The molecule has 0 aliphatic heterocycles. The van der Waals surface area contributed by atoms with Crippen molar-refractivity contribution in [2.24, 2.45) is 0 Å². The van der Waals surface area contributed by atoms with Crippen LogP contribution in [0, 0.1) is 13.8 Å². The molecule has 0 fully saturated rings. The van der Waals surface area contributed by atoms with Gasteiger partial charge in [-0.3, -0.25) is 0 Å². The zero-order chi connectivity index (χ0) is 14.4. The zero-order valence-corrected chi connectivity index (χ0v) is 11.0. The van der Waals surface area contributed by atoms with E-state index < -0.39 is 11.7 Å². The molecule has 2 rings (SSSR count). The predicted molar refractivity (Wildman–Crippen MR) is 67.5 cm³/mol. The first-order valence-corrected chi connectivity index (χ1v) is 5.78. The summed E-state index contributed by atoms with van der Waals surface area (Å²) >= 11 is 5.98. The SMILES string of the molecule is Cc1nn(-c2cc(N)cc(C(F)(F)F)c2)c(C)c1Cl. The normalized spacial score (nSPS) is 11.9. The molecule has 0 bridgehead atoms. The van der Waals surface area contributed by atoms with E-state index in [1.807, 2.05) is 0 Å². The number of aromatic nitrogens is 2. The van der Waals surface area contributed by atoms with Crippen LogP contribution in [0.2, 0.25) is 5.02 Å². The van der Waals surface area contributed by atoms with Gasteiger partial charge < -0.3 is 5.73 Å². The molecule has 3 nitrogen and oxygen atoms in total. The van der Waals surface area contributed by atoms with Gasteiger partial charge in [-0.2, -0.15) is 18.3 Å². The number of hydrogen-bond donors (Lipinski definition) is 1. The number of nitrogens with zero attached hydrogens (tertiary/aromatic N) is 2. The number of alkyl halides is 3. The molecular formula is C12H11ClF3N3. The van der Waals surface area contributed by atoms with Crippen molar-refractivity contribution in [3.63, 3.8) is 0 Å². The van der Waals surface area contributed by atoms with Gasteiger partial charge in [0.25, 0.3) is 0 Å². The van der Waals surface area contributed by atoms with Crippen LogP contribution in [0.5, 0.6) is 0 Å². The summed E-state index contributed by atoms with van der Waals surface area (Å²) in [6.07, 6.45) is -4.45. The van der Waals surface area contributed by atoms with Crippen LogP contribution in [0.25, 0.3) is 5.69 Å². The minimum atomic E-state index is -4.45. The van der Waals surface area contributed by atoms with Gasteiger partial charge in [0.1, 0.15) is 0 Å². The van der Waals surface area contributed by atoms with Crippen LogP contribution in [0.1, 0.15) is 17.0 Å². The highest BCUT2D eigenvalue weighted by Crippen LogP contribution is 2.33. The summed E-state index contributed by atoms with van der Waals surface area (Å²) in [4.78, 5) is 0. The minimum Gasteiger partial charge on any atom is -0.399 e. The van der Waals surface area contributed by atoms with Crippen molar-refractivity contribution >= 4 is 17.3 Å². The van der Waals surface area contributed by atoms with Gasteiger partial charge in [0.05, 0.1) is 27.7 Å². The second kappa shape index (κ2) is 4.45. The highest BCUT2D eigenvalue weighted by molar-refractivity contribution is 6.31. The summed E-state index contributed by atoms with van der Waals surface area (Å²) < 4.78 is 39.6. The molecule has 0 saturated heterocycles. The summed E-state index contributed by atoms with van der Waals surface area (Å²) in [5.41, 5.74) is 6.08. The van der Waals surface area contributed by atoms with Gasteiger partial charge in [-0.05, 0) is 32.0 Å². The number of rotatable bonds is 1. The minimum absolute atomic E-state index is 0.0218. The van der Waals surface area contributed by atoms with Crippen LogP contribution < -0.4 is 5.73 Å². The molecule has 0 saturated carbocycles. The molecule has 0 spiro atoms. The Labute approximate surface area is 112 Å². The fraction of sp³-hybridized carbons (Fsp3) is 0.250. The van der Waals surface area contributed by atoms with E-state index in [0.717, 1.165) is 12.1 Å². The Morgan fingerprint density at radius 3 is 2.32 bits per heavy atom. The van der Waals surface area contributed by atoms with Crippen molar-refractivity contribution in [2.75, 3.05) is 5.73 Å². The monoisotopic (exact) mass is 289 g/mol. The maximum absolute atomic E-state index is 12.7. The van der Waals surface area contributed by atoms with Crippen LogP contribution in [-0.2, 0) is 6.18 Å². The molecule has 7 heteroatoms. The van der Waals surface area contributed by atoms with Gasteiger partial charge in [0, 0.05) is 5.69 Å². The molecular weight excluding hydrogens is 279 g/mol. The molecule has 1 aromatic carbocycles. The highest BCUT2D eigenvalue weighted by atomic mass is 35.5. The number of nitrogen functional groups attached to an aromatic ring is 1. The summed E-state index contributed by atoms with van der Waals surface area (Å²) in [6, 6.07) is 3.30. The molecule has 0 atom stereocenters. The van der Waals surface area contributed by atoms with Crippen molar-refractivity contribution < 1.29 is 13.2 Å². The number of anilines is 1. The smallest absolute Gasteiger partial charge is 0.399 e. The van der Waals surface area contributed by atoms with Crippen molar-refractivity contribution in [2.45, 2.75) is 20.0 Å². The third-order valence-corrected chi connectivity index (χ3v) is 3.26. The number of hydrogen-bond acceptors (Lipinski definition) is 2. The number of nitrogens with two attached hydrogens (primary N) is 1. The molecule has 2 aromatic rings. The lowest BCUT2D eigenvalue weighted by atomic mass is 10.1. The summed E-state index contributed by atoms with van der Waals surface area (Å²) in [5, 5.41) is 4.53. The maximum Gasteiger partial charge on any atom is 0.416 e. The maximum atomic E-state index is 12.7. The molecule has 1 aromatic heterocycles. The number of aryl methyl sites for hydroxylation is 1. The van der Waals surface area contributed by atoms with E-state index in [4.69, 9.17) is 17.3 Å². The molecule has 0 aliphatic rings. The molecule has 0 amide bonds. The lowest BCUT2D eigenvalue weighted by Crippen LogP contribution is -2.08. The van der Waals surface area contributed by atoms with Gasteiger partial charge in [-0.1, -0.05) is 11.6 Å². The van der Waals surface area contributed by atoms with E-state index in [2.05, 4.69) is 5.10 Å². The van der Waals surface area contributed by atoms with E-state index in [9.17, 15) is 13.2 Å². The summed E-state index contributed by atoms with van der Waals surface area (Å²) in [6.45, 7) is 3.36. The van der Waals surface area contributed by atoms with Crippen molar-refractivity contribution in [1.29, 1.82) is 0 Å². The average Bonchev–Trinajstić information content (AvgIpc) is 2.55. The van der Waals surface area contributed by atoms with Crippen LogP contribution in [0.15, 0.2) is 18.2 Å². The number of benzene rings is 1. The molecule has 0 radical (unpaired) electrons. The van der Waals surface area contributed by atoms with E-state index in [1.165, 1.54) is 10.7 Å². The highest BCUT2D eigenvalue weighted by Gasteiger charge is 2.31. The Morgan fingerprint density at radius 2 is 1.84 bits per heavy atom. The predicted octanol–water partition coefficient (Wildman–Crippen LogP) is 3.74. The van der Waals surface area contributed by atoms with E-state index in [0.29, 0.717) is 16.4 Å². The molecule has 1 heterocycles. The Balaban J connectivity index is 2.63. The Kier molecular flexibility index (Phi) is 3.22. The Morgan fingerprint density at radius 1 is 1.21 bits per heavy atom. The van der Waals surface area contributed by atoms with E-state index in [-0.39, 0.29) is 11.4 Å². The summed E-state index contributed by atoms with van der Waals surface area (Å²) in [5.74, 6) is 0. The molecule has 0 aliphatic carbocycles. The first kappa shape index (κ1) is 13.7. The molecule has 0 unspecified atom stereocenters. The van der Waals surface area contributed by atoms with E-state index in [1.54, 1.807) is 13.8 Å². The molecule has 19 heavy (non-hydrogen) atoms. The van der Waals surface area contributed by atoms with Crippen LogP contribution in [0.3, 0.4) is 0 Å². The van der Waals surface area contributed by atoms with Gasteiger partial charge >= 0.3 is 6.18 Å². The molecule has 102 valence electrons. The largest absolute Gasteiger partial charge is 0.416 e. The second-order valence-corrected chi connectivity index (χ2v) is 4.59. The first-order valence-electron chi connectivity index (χ1n) is 5.40. The van der Waals surface area contributed by atoms with Crippen LogP contribution in [-0.4, -0.2) is 9.78 Å². The van der Waals surface area contributed by atoms with Crippen molar-refractivity contribution in [1.82, 2.24) is 9.78 Å². The van der Waals surface area contributed by atoms with Crippen molar-refractivity contribution in [3.8, 4) is 5.69 Å². The number of halogens is 4. The van der Waals surface area contributed by atoms with Gasteiger partial charge in [-0.15, -0.1) is 0 Å². The van der Waals surface area contributed by atoms with Gasteiger partial charge in [0.2, 0.25) is 0 Å². The fourth-order valence-electron chi connectivity index (χ4n) is 1.80. The standard InChI is InChI=1S/C12H11ClF3N3/c1-6-11(13)7(2)19(18-6)10-4-8(12(14,15)16)3-9(17)5-10/h3-5H,17H2,1-2H3. The topological polar surface area (TPSA) is 43.8 Å². The second-order valence-electron chi connectivity index (χ2n) is 4.21. The van der Waals surface area contributed by atoms with Gasteiger partial charge in [0.15, 0.2) is 0 Å². The third kappa shape index (κ3) is 2.53. The van der Waals surface area contributed by atoms with Gasteiger partial charge in [-0.25, -0.2) is 4.68 Å². The van der Waals surface area contributed by atoms with E-state index >= 15 is 0 Å². The third-order valence-electron chi connectivity index (χ3n) is 2.72. The lowest BCUT2D eigenvalue weighted by Gasteiger charge is -2.11. The Hall–Kier alpha value is -1.69. The van der Waals surface area contributed by atoms with Crippen LogP contribution in [0.4, 0.5) is 18.9 Å². The van der Waals surface area contributed by atoms with Crippen LogP contribution >= 0.6 is 11.6 Å². The lowest BCUT2D eigenvalue weighted by molar-refractivity contribution is -0.137. The quantitative estimate of drug-likeness (QED) is 0.813. The summed E-state index contributed by atoms with van der Waals surface area (Å²) in [7, 11) is 0. The average molecular weight is 290 g/mol. The zero-order valence-electron chi connectivity index (χ0n) is 10.2.